The van der Waals surface area contributed by atoms with Crippen molar-refractivity contribution in [1.82, 2.24) is 14.5 Å². The van der Waals surface area contributed by atoms with Crippen LogP contribution >= 0.6 is 23.1 Å². The lowest BCUT2D eigenvalue weighted by Gasteiger charge is -2.21. The van der Waals surface area contributed by atoms with E-state index < -0.39 is 0 Å². The highest BCUT2D eigenvalue weighted by atomic mass is 32.2. The van der Waals surface area contributed by atoms with Crippen molar-refractivity contribution in [2.24, 2.45) is 0 Å². The monoisotopic (exact) mass is 469 g/mol. The molecule has 3 aromatic rings. The Balaban J connectivity index is 1.59. The molecule has 168 valence electrons. The predicted molar refractivity (Wildman–Crippen MR) is 130 cm³/mol. The number of carbonyl (C=O) groups is 1. The van der Waals surface area contributed by atoms with Crippen LogP contribution in [0.1, 0.15) is 43.6 Å². The van der Waals surface area contributed by atoms with Gasteiger partial charge in [-0.15, -0.1) is 11.3 Å². The molecule has 6 nitrogen and oxygen atoms in total. The molecule has 1 fully saturated rings. The summed E-state index contributed by atoms with van der Waals surface area (Å²) in [5.74, 6) is 0.885. The van der Waals surface area contributed by atoms with Crippen molar-refractivity contribution < 1.29 is 9.53 Å². The van der Waals surface area contributed by atoms with Gasteiger partial charge in [0.25, 0.3) is 5.56 Å². The molecule has 0 N–H and O–H groups in total. The summed E-state index contributed by atoms with van der Waals surface area (Å²) < 4.78 is 7.25. The van der Waals surface area contributed by atoms with Crippen LogP contribution in [0.2, 0.25) is 0 Å². The molecule has 1 aliphatic heterocycles. The molecule has 1 unspecified atom stereocenters. The van der Waals surface area contributed by atoms with E-state index in [0.29, 0.717) is 11.8 Å². The van der Waals surface area contributed by atoms with Gasteiger partial charge in [0.1, 0.15) is 10.6 Å². The van der Waals surface area contributed by atoms with E-state index in [1.54, 1.807) is 15.9 Å². The van der Waals surface area contributed by atoms with Gasteiger partial charge in [-0.1, -0.05) is 11.8 Å². The van der Waals surface area contributed by atoms with Crippen molar-refractivity contribution in [1.29, 1.82) is 0 Å². The standard InChI is InChI=1S/C24H27N3O3S2/c1-3-30-17-11-9-16(10-12-17)27-23(29)20-18-7-6-8-19(18)32-21(20)25-24(27)31-15(2)22(28)26-13-4-5-14-26/h9-12,15H,3-8,13-14H2,1-2H3. The van der Waals surface area contributed by atoms with Crippen LogP contribution in [0.5, 0.6) is 5.75 Å². The number of fused-ring (bicyclic) bond motifs is 3. The lowest BCUT2D eigenvalue weighted by molar-refractivity contribution is -0.129. The van der Waals surface area contributed by atoms with Crippen molar-refractivity contribution in [2.45, 2.75) is 56.4 Å². The maximum absolute atomic E-state index is 13.8. The third kappa shape index (κ3) is 3.83. The normalized spacial score (nSPS) is 16.5. The van der Waals surface area contributed by atoms with Crippen molar-refractivity contribution in [3.8, 4) is 11.4 Å². The number of hydrogen-bond acceptors (Lipinski definition) is 6. The second-order valence-electron chi connectivity index (χ2n) is 8.29. The summed E-state index contributed by atoms with van der Waals surface area (Å²) in [5.41, 5.74) is 1.87. The van der Waals surface area contributed by atoms with Crippen LogP contribution in [-0.4, -0.2) is 45.3 Å². The molecule has 1 aliphatic carbocycles. The molecule has 0 saturated carbocycles. The van der Waals surface area contributed by atoms with Gasteiger partial charge in [0, 0.05) is 18.0 Å². The molecular weight excluding hydrogens is 442 g/mol. The van der Waals surface area contributed by atoms with E-state index in [2.05, 4.69) is 0 Å². The van der Waals surface area contributed by atoms with E-state index in [9.17, 15) is 9.59 Å². The number of thioether (sulfide) groups is 1. The number of benzene rings is 1. The van der Waals surface area contributed by atoms with Gasteiger partial charge in [0.05, 0.1) is 22.9 Å². The van der Waals surface area contributed by atoms with Gasteiger partial charge in [-0.2, -0.15) is 0 Å². The van der Waals surface area contributed by atoms with Crippen molar-refractivity contribution in [2.75, 3.05) is 19.7 Å². The molecule has 32 heavy (non-hydrogen) atoms. The number of aromatic nitrogens is 2. The summed E-state index contributed by atoms with van der Waals surface area (Å²) in [6, 6.07) is 7.54. The summed E-state index contributed by atoms with van der Waals surface area (Å²) in [4.78, 5) is 35.7. The smallest absolute Gasteiger partial charge is 0.267 e. The molecule has 1 aromatic carbocycles. The summed E-state index contributed by atoms with van der Waals surface area (Å²) in [7, 11) is 0. The minimum atomic E-state index is -0.307. The minimum Gasteiger partial charge on any atom is -0.494 e. The van der Waals surface area contributed by atoms with Gasteiger partial charge in [-0.25, -0.2) is 4.98 Å². The maximum atomic E-state index is 13.8. The van der Waals surface area contributed by atoms with Gasteiger partial charge in [-0.3, -0.25) is 14.2 Å². The van der Waals surface area contributed by atoms with Crippen LogP contribution in [0.3, 0.4) is 0 Å². The van der Waals surface area contributed by atoms with E-state index in [1.165, 1.54) is 22.2 Å². The first-order valence-corrected chi connectivity index (χ1v) is 13.0. The van der Waals surface area contributed by atoms with Crippen molar-refractivity contribution >= 4 is 39.2 Å². The number of amides is 1. The Morgan fingerprint density at radius 1 is 1.19 bits per heavy atom. The highest BCUT2D eigenvalue weighted by molar-refractivity contribution is 8.00. The SMILES string of the molecule is CCOc1ccc(-n2c(SC(C)C(=O)N3CCCC3)nc3sc4c(c3c2=O)CCC4)cc1. The molecule has 8 heteroatoms. The second-order valence-corrected chi connectivity index (χ2v) is 10.7. The van der Waals surface area contributed by atoms with Crippen LogP contribution in [0.4, 0.5) is 0 Å². The van der Waals surface area contributed by atoms with E-state index in [0.717, 1.165) is 66.8 Å². The molecule has 1 atom stereocenters. The van der Waals surface area contributed by atoms with Crippen LogP contribution in [0.15, 0.2) is 34.2 Å². The highest BCUT2D eigenvalue weighted by Crippen LogP contribution is 2.37. The van der Waals surface area contributed by atoms with Gasteiger partial charge < -0.3 is 9.64 Å². The Bertz CT molecular complexity index is 1210. The average molecular weight is 470 g/mol. The molecule has 1 amide bonds. The van der Waals surface area contributed by atoms with Crippen LogP contribution in [0.25, 0.3) is 15.9 Å². The summed E-state index contributed by atoms with van der Waals surface area (Å²) >= 11 is 3.02. The average Bonchev–Trinajstić information content (AvgIpc) is 3.52. The van der Waals surface area contributed by atoms with Gasteiger partial charge in [0.15, 0.2) is 5.16 Å². The molecule has 0 spiro atoms. The van der Waals surface area contributed by atoms with Gasteiger partial charge >= 0.3 is 0 Å². The van der Waals surface area contributed by atoms with Crippen molar-refractivity contribution in [3.05, 3.63) is 45.1 Å². The largest absolute Gasteiger partial charge is 0.494 e. The number of carbonyl (C=O) groups excluding carboxylic acids is 1. The van der Waals surface area contributed by atoms with E-state index in [-0.39, 0.29) is 16.7 Å². The fourth-order valence-corrected chi connectivity index (χ4v) is 6.91. The number of likely N-dealkylation sites (tertiary alicyclic amines) is 1. The molecule has 0 radical (unpaired) electrons. The van der Waals surface area contributed by atoms with Gasteiger partial charge in [-0.05, 0) is 75.8 Å². The first-order chi connectivity index (χ1) is 15.6. The van der Waals surface area contributed by atoms with E-state index >= 15 is 0 Å². The first kappa shape index (κ1) is 21.5. The summed E-state index contributed by atoms with van der Waals surface area (Å²) in [6.07, 6.45) is 5.17. The molecule has 3 heterocycles. The zero-order valence-corrected chi connectivity index (χ0v) is 20.1. The van der Waals surface area contributed by atoms with E-state index in [1.807, 2.05) is 43.0 Å². The third-order valence-electron chi connectivity index (χ3n) is 6.16. The summed E-state index contributed by atoms with van der Waals surface area (Å²) in [6.45, 7) is 6.09. The molecule has 2 aromatic heterocycles. The zero-order valence-electron chi connectivity index (χ0n) is 18.4. The summed E-state index contributed by atoms with van der Waals surface area (Å²) in [5, 5.41) is 1.02. The van der Waals surface area contributed by atoms with Crippen LogP contribution in [0, 0.1) is 0 Å². The third-order valence-corrected chi connectivity index (χ3v) is 8.39. The van der Waals surface area contributed by atoms with E-state index in [4.69, 9.17) is 9.72 Å². The number of hydrogen-bond donors (Lipinski definition) is 0. The molecule has 2 aliphatic rings. The Morgan fingerprint density at radius 3 is 2.66 bits per heavy atom. The number of aryl methyl sites for hydroxylation is 2. The van der Waals surface area contributed by atoms with Crippen LogP contribution < -0.4 is 10.3 Å². The quantitative estimate of drug-likeness (QED) is 0.395. The highest BCUT2D eigenvalue weighted by Gasteiger charge is 2.28. The second kappa shape index (κ2) is 8.90. The van der Waals surface area contributed by atoms with Crippen LogP contribution in [-0.2, 0) is 17.6 Å². The fraction of sp³-hybridized carbons (Fsp3) is 0.458. The maximum Gasteiger partial charge on any atom is 0.267 e. The molecular formula is C24H27N3O3S2. The number of thiophene rings is 1. The van der Waals surface area contributed by atoms with Crippen molar-refractivity contribution in [3.63, 3.8) is 0 Å². The number of rotatable bonds is 6. The number of nitrogens with zero attached hydrogens (tertiary/aromatic N) is 3. The lowest BCUT2D eigenvalue weighted by Crippen LogP contribution is -2.34. The minimum absolute atomic E-state index is 0.0399. The fourth-order valence-electron chi connectivity index (χ4n) is 4.59. The molecule has 1 saturated heterocycles. The number of ether oxygens (including phenoxy) is 1. The zero-order chi connectivity index (χ0) is 22.2. The Kier molecular flexibility index (Phi) is 5.99. The predicted octanol–water partition coefficient (Wildman–Crippen LogP) is 4.44. The van der Waals surface area contributed by atoms with Gasteiger partial charge in [0.2, 0.25) is 5.91 Å². The topological polar surface area (TPSA) is 64.4 Å². The molecule has 5 rings (SSSR count). The first-order valence-electron chi connectivity index (χ1n) is 11.3. The lowest BCUT2D eigenvalue weighted by atomic mass is 10.2. The Morgan fingerprint density at radius 2 is 1.94 bits per heavy atom. The Labute approximate surface area is 195 Å². The molecule has 0 bridgehead atoms. The Hall–Kier alpha value is -2.32.